The Bertz CT molecular complexity index is 3300. The summed E-state index contributed by atoms with van der Waals surface area (Å²) in [5.41, 5.74) is 19.1. The maximum absolute atomic E-state index is 15.0. The Morgan fingerprint density at radius 2 is 0.703 bits per heavy atom. The molecule has 4 N–H and O–H groups in total. The molecule has 8 nitrogen and oxygen atoms in total. The molecule has 10 heteroatoms. The lowest BCUT2D eigenvalue weighted by Gasteiger charge is -2.26. The Hall–Kier alpha value is -8.04. The number of carbonyl (C=O) groups is 4. The summed E-state index contributed by atoms with van der Waals surface area (Å²) in [6, 6.07) is 50.7. The monoisotopic (exact) mass is 870 g/mol. The minimum Gasteiger partial charge on any atom is -0.399 e. The van der Waals surface area contributed by atoms with Gasteiger partial charge in [-0.2, -0.15) is 0 Å². The van der Waals surface area contributed by atoms with Gasteiger partial charge in [-0.1, -0.05) is 120 Å². The van der Waals surface area contributed by atoms with E-state index >= 15 is 0 Å². The molecule has 0 unspecified atom stereocenters. The van der Waals surface area contributed by atoms with Crippen LogP contribution in [0.25, 0.3) is 66.1 Å². The van der Waals surface area contributed by atoms with Crippen LogP contribution in [-0.4, -0.2) is 23.6 Å². The fraction of sp³-hybridized carbons (Fsp3) is 0. The van der Waals surface area contributed by atoms with Gasteiger partial charge in [-0.3, -0.25) is 19.2 Å². The molecule has 9 aromatic carbocycles. The molecule has 0 radical (unpaired) electrons. The molecular formula is C54H32Cl2N4O4. The molecule has 0 atom stereocenters. The van der Waals surface area contributed by atoms with Crippen molar-refractivity contribution in [3.8, 4) is 44.5 Å². The number of anilines is 4. The van der Waals surface area contributed by atoms with Crippen LogP contribution in [0.3, 0.4) is 0 Å². The molecule has 11 rings (SSSR count). The first-order valence-corrected chi connectivity index (χ1v) is 21.1. The minimum absolute atomic E-state index is 0.184. The lowest BCUT2D eigenvalue weighted by molar-refractivity contribution is 0.0909. The third-order valence-corrected chi connectivity index (χ3v) is 12.8. The molecule has 0 fully saturated rings. The zero-order valence-corrected chi connectivity index (χ0v) is 35.1. The predicted molar refractivity (Wildman–Crippen MR) is 257 cm³/mol. The van der Waals surface area contributed by atoms with Crippen molar-refractivity contribution in [2.75, 3.05) is 21.3 Å². The first-order chi connectivity index (χ1) is 31.0. The average Bonchev–Trinajstić information content (AvgIpc) is 3.71. The second-order valence-corrected chi connectivity index (χ2v) is 16.6. The summed E-state index contributed by atoms with van der Waals surface area (Å²) < 4.78 is 0. The average molecular weight is 872 g/mol. The van der Waals surface area contributed by atoms with Gasteiger partial charge in [0.05, 0.1) is 33.6 Å². The number of hydrogen-bond acceptors (Lipinski definition) is 6. The molecule has 2 aliphatic rings. The summed E-state index contributed by atoms with van der Waals surface area (Å²) in [4.78, 5) is 61.9. The van der Waals surface area contributed by atoms with Gasteiger partial charge in [-0.05, 0) is 117 Å². The lowest BCUT2D eigenvalue weighted by Crippen LogP contribution is -2.32. The fourth-order valence-corrected chi connectivity index (χ4v) is 9.55. The molecule has 0 aliphatic carbocycles. The second kappa shape index (κ2) is 14.8. The van der Waals surface area contributed by atoms with Crippen LogP contribution in [0, 0.1) is 0 Å². The molecule has 0 saturated heterocycles. The van der Waals surface area contributed by atoms with Crippen molar-refractivity contribution >= 4 is 91.1 Å². The number of nitrogen functional groups attached to an aromatic ring is 2. The highest BCUT2D eigenvalue weighted by Crippen LogP contribution is 2.51. The first kappa shape index (κ1) is 38.9. The zero-order valence-electron chi connectivity index (χ0n) is 33.6. The molecule has 9 aromatic rings. The number of hydrogen-bond donors (Lipinski definition) is 2. The van der Waals surface area contributed by atoms with E-state index in [1.165, 1.54) is 0 Å². The van der Waals surface area contributed by atoms with E-state index in [4.69, 9.17) is 34.7 Å². The van der Waals surface area contributed by atoms with Crippen LogP contribution in [-0.2, 0) is 0 Å². The highest BCUT2D eigenvalue weighted by molar-refractivity contribution is 6.41. The van der Waals surface area contributed by atoms with Gasteiger partial charge in [0, 0.05) is 43.7 Å². The van der Waals surface area contributed by atoms with Crippen LogP contribution in [0.1, 0.15) is 41.4 Å². The van der Waals surface area contributed by atoms with E-state index in [1.54, 1.807) is 84.9 Å². The summed E-state index contributed by atoms with van der Waals surface area (Å²) in [5, 5.41) is 3.75. The summed E-state index contributed by atoms with van der Waals surface area (Å²) in [7, 11) is 0. The van der Waals surface area contributed by atoms with Crippen LogP contribution in [0.4, 0.5) is 22.7 Å². The van der Waals surface area contributed by atoms with Gasteiger partial charge in [0.2, 0.25) is 0 Å². The Morgan fingerprint density at radius 1 is 0.344 bits per heavy atom. The number of imide groups is 2. The second-order valence-electron chi connectivity index (χ2n) is 15.8. The quantitative estimate of drug-likeness (QED) is 0.127. The molecule has 4 amide bonds. The third-order valence-electron chi connectivity index (χ3n) is 12.2. The number of carbonyl (C=O) groups excluding carboxylic acids is 4. The standard InChI is InChI=1S/C54H32Cl2N4O4/c55-45-23-15-31-5-1-3-7-37(31)49(45)43-27-48(60-52(62)40-22-14-34(26-42(40)54(60)64)30-11-19-36(58)20-12-30)44(50-38-8-4-2-6-32(38)16-24-46(50)56)28-47(43)59-51(61)39-21-13-33(25-41(39)53(59)63)29-9-17-35(57)18-10-29/h1-28H,57-58H2. The largest absolute Gasteiger partial charge is 0.399 e. The van der Waals surface area contributed by atoms with Crippen molar-refractivity contribution in [1.29, 1.82) is 0 Å². The summed E-state index contributed by atoms with van der Waals surface area (Å²) >= 11 is 14.4. The van der Waals surface area contributed by atoms with Crippen molar-refractivity contribution < 1.29 is 19.2 Å². The number of benzene rings is 9. The van der Waals surface area contributed by atoms with Crippen molar-refractivity contribution in [2.45, 2.75) is 0 Å². The number of nitrogens with two attached hydrogens (primary N) is 2. The molecule has 2 aliphatic heterocycles. The molecule has 0 aromatic heterocycles. The van der Waals surface area contributed by atoms with Gasteiger partial charge in [-0.25, -0.2) is 9.80 Å². The topological polar surface area (TPSA) is 127 Å². The van der Waals surface area contributed by atoms with E-state index in [-0.39, 0.29) is 33.6 Å². The van der Waals surface area contributed by atoms with E-state index in [9.17, 15) is 19.2 Å². The van der Waals surface area contributed by atoms with Gasteiger partial charge in [0.25, 0.3) is 23.6 Å². The van der Waals surface area contributed by atoms with E-state index in [0.717, 1.165) is 53.6 Å². The van der Waals surface area contributed by atoms with Crippen LogP contribution >= 0.6 is 23.2 Å². The number of rotatable bonds is 6. The van der Waals surface area contributed by atoms with E-state index < -0.39 is 23.6 Å². The maximum atomic E-state index is 15.0. The molecule has 0 spiro atoms. The molecule has 0 bridgehead atoms. The van der Waals surface area contributed by atoms with Crippen LogP contribution in [0.15, 0.2) is 170 Å². The Balaban J connectivity index is 1.19. The molecule has 306 valence electrons. The highest BCUT2D eigenvalue weighted by atomic mass is 35.5. The molecule has 0 saturated carbocycles. The lowest BCUT2D eigenvalue weighted by atomic mass is 9.90. The van der Waals surface area contributed by atoms with E-state index in [1.807, 2.05) is 84.9 Å². The first-order valence-electron chi connectivity index (χ1n) is 20.4. The Morgan fingerprint density at radius 3 is 1.11 bits per heavy atom. The minimum atomic E-state index is -0.562. The van der Waals surface area contributed by atoms with Crippen molar-refractivity contribution in [3.05, 3.63) is 202 Å². The van der Waals surface area contributed by atoms with Gasteiger partial charge in [0.1, 0.15) is 0 Å². The molecule has 64 heavy (non-hydrogen) atoms. The smallest absolute Gasteiger partial charge is 0.266 e. The highest BCUT2D eigenvalue weighted by Gasteiger charge is 2.42. The zero-order chi connectivity index (χ0) is 44.0. The number of fused-ring (bicyclic) bond motifs is 4. The maximum Gasteiger partial charge on any atom is 0.266 e. The third kappa shape index (κ3) is 6.07. The predicted octanol–water partition coefficient (Wildman–Crippen LogP) is 12.7. The van der Waals surface area contributed by atoms with Crippen LogP contribution in [0.2, 0.25) is 10.0 Å². The van der Waals surface area contributed by atoms with Gasteiger partial charge in [-0.15, -0.1) is 0 Å². The van der Waals surface area contributed by atoms with Gasteiger partial charge in [0.15, 0.2) is 0 Å². The van der Waals surface area contributed by atoms with E-state index in [2.05, 4.69) is 0 Å². The van der Waals surface area contributed by atoms with Crippen molar-refractivity contribution in [2.24, 2.45) is 0 Å². The van der Waals surface area contributed by atoms with Crippen molar-refractivity contribution in [1.82, 2.24) is 0 Å². The number of nitrogens with zero attached hydrogens (tertiary/aromatic N) is 2. The Labute approximate surface area is 376 Å². The van der Waals surface area contributed by atoms with E-state index in [0.29, 0.717) is 43.7 Å². The molecular weight excluding hydrogens is 840 g/mol. The van der Waals surface area contributed by atoms with Gasteiger partial charge >= 0.3 is 0 Å². The van der Waals surface area contributed by atoms with Gasteiger partial charge < -0.3 is 11.5 Å². The summed E-state index contributed by atoms with van der Waals surface area (Å²) in [6.45, 7) is 0. The Kier molecular flexibility index (Phi) is 8.99. The van der Waals surface area contributed by atoms with Crippen LogP contribution < -0.4 is 21.3 Å². The number of halogens is 2. The normalized spacial score (nSPS) is 13.3. The van der Waals surface area contributed by atoms with Crippen LogP contribution in [0.5, 0.6) is 0 Å². The summed E-state index contributed by atoms with van der Waals surface area (Å²) in [5.74, 6) is -2.23. The SMILES string of the molecule is Nc1ccc(-c2ccc3c(c2)C(=O)N(c2cc(-c4c(Cl)ccc5ccccc45)c(N4C(=O)c5ccc(-c6ccc(N)cc6)cc5C4=O)cc2-c2c(Cl)ccc4ccccc24)C3=O)cc1. The van der Waals surface area contributed by atoms with Crippen molar-refractivity contribution in [3.63, 3.8) is 0 Å². The molecule has 2 heterocycles. The summed E-state index contributed by atoms with van der Waals surface area (Å²) in [6.07, 6.45) is 0. The fourth-order valence-electron chi connectivity index (χ4n) is 9.01. The number of amides is 4.